The molecule has 0 saturated carbocycles. The maximum absolute atomic E-state index is 12.6. The predicted molar refractivity (Wildman–Crippen MR) is 87.5 cm³/mol. The summed E-state index contributed by atoms with van der Waals surface area (Å²) in [4.78, 5) is 13.9. The second-order valence-electron chi connectivity index (χ2n) is 5.59. The number of hydrazone groups is 1. The Bertz CT molecular complexity index is 757. The SMILES string of the molecule is O=C(NN=Cc1cccc(C(F)(F)F)c1)c1cc2c(s1)CCCC2. The third kappa shape index (κ3) is 3.84. The molecular formula is C17H15F3N2OS. The maximum Gasteiger partial charge on any atom is 0.416 e. The molecular weight excluding hydrogens is 337 g/mol. The number of amides is 1. The van der Waals surface area contributed by atoms with Crippen molar-refractivity contribution in [1.29, 1.82) is 0 Å². The molecule has 0 fully saturated rings. The molecule has 0 saturated heterocycles. The van der Waals surface area contributed by atoms with Gasteiger partial charge in [0.05, 0.1) is 16.7 Å². The van der Waals surface area contributed by atoms with Gasteiger partial charge in [0.2, 0.25) is 0 Å². The lowest BCUT2D eigenvalue weighted by molar-refractivity contribution is -0.137. The standard InChI is InChI=1S/C17H15F3N2OS/c18-17(19,20)13-6-3-4-11(8-13)10-21-22-16(23)15-9-12-5-1-2-7-14(12)24-15/h3-4,6,8-10H,1-2,5,7H2,(H,22,23). The third-order valence-electron chi connectivity index (χ3n) is 3.81. The number of nitrogens with zero attached hydrogens (tertiary/aromatic N) is 1. The number of alkyl halides is 3. The number of hydrogen-bond acceptors (Lipinski definition) is 3. The Kier molecular flexibility index (Phi) is 4.71. The van der Waals surface area contributed by atoms with Crippen molar-refractivity contribution >= 4 is 23.5 Å². The number of benzene rings is 1. The van der Waals surface area contributed by atoms with Gasteiger partial charge in [0.1, 0.15) is 0 Å². The summed E-state index contributed by atoms with van der Waals surface area (Å²) in [6, 6.07) is 6.66. The van der Waals surface area contributed by atoms with E-state index < -0.39 is 11.7 Å². The number of carbonyl (C=O) groups is 1. The van der Waals surface area contributed by atoms with Gasteiger partial charge in [-0.25, -0.2) is 5.43 Å². The number of aryl methyl sites for hydroxylation is 2. The Morgan fingerprint density at radius 1 is 1.21 bits per heavy atom. The number of hydrogen-bond donors (Lipinski definition) is 1. The summed E-state index contributed by atoms with van der Waals surface area (Å²) in [6.45, 7) is 0. The van der Waals surface area contributed by atoms with Gasteiger partial charge >= 0.3 is 6.18 Å². The molecule has 1 heterocycles. The largest absolute Gasteiger partial charge is 0.416 e. The molecule has 126 valence electrons. The van der Waals surface area contributed by atoms with E-state index in [4.69, 9.17) is 0 Å². The van der Waals surface area contributed by atoms with Crippen LogP contribution in [0.3, 0.4) is 0 Å². The Morgan fingerprint density at radius 3 is 2.75 bits per heavy atom. The van der Waals surface area contributed by atoms with Gasteiger partial charge in [0.15, 0.2) is 0 Å². The fourth-order valence-electron chi connectivity index (χ4n) is 2.62. The quantitative estimate of drug-likeness (QED) is 0.645. The topological polar surface area (TPSA) is 41.5 Å². The predicted octanol–water partition coefficient (Wildman–Crippen LogP) is 4.41. The Balaban J connectivity index is 1.66. The average Bonchev–Trinajstić information content (AvgIpc) is 2.98. The molecule has 1 aliphatic rings. The minimum Gasteiger partial charge on any atom is -0.266 e. The molecule has 1 amide bonds. The van der Waals surface area contributed by atoms with Crippen LogP contribution >= 0.6 is 11.3 Å². The Morgan fingerprint density at radius 2 is 2.00 bits per heavy atom. The summed E-state index contributed by atoms with van der Waals surface area (Å²) in [5.41, 5.74) is 3.12. The number of fused-ring (bicyclic) bond motifs is 1. The van der Waals surface area contributed by atoms with Crippen LogP contribution in [0.25, 0.3) is 0 Å². The average molecular weight is 352 g/mol. The van der Waals surface area contributed by atoms with Crippen LogP contribution in [0.2, 0.25) is 0 Å². The van der Waals surface area contributed by atoms with Crippen molar-refractivity contribution in [1.82, 2.24) is 5.43 Å². The molecule has 2 aromatic rings. The first-order valence-corrected chi connectivity index (χ1v) is 8.37. The van der Waals surface area contributed by atoms with Crippen molar-refractivity contribution in [3.63, 3.8) is 0 Å². The van der Waals surface area contributed by atoms with Crippen molar-refractivity contribution in [2.75, 3.05) is 0 Å². The van der Waals surface area contributed by atoms with Crippen LogP contribution in [0.1, 0.15) is 44.1 Å². The van der Waals surface area contributed by atoms with Crippen LogP contribution in [0.4, 0.5) is 13.2 Å². The Hall–Kier alpha value is -2.15. The summed E-state index contributed by atoms with van der Waals surface area (Å²) in [6.07, 6.45) is 1.08. The highest BCUT2D eigenvalue weighted by Gasteiger charge is 2.30. The minimum atomic E-state index is -4.40. The first kappa shape index (κ1) is 16.7. The number of rotatable bonds is 3. The fraction of sp³-hybridized carbons (Fsp3) is 0.294. The van der Waals surface area contributed by atoms with Crippen molar-refractivity contribution < 1.29 is 18.0 Å². The summed E-state index contributed by atoms with van der Waals surface area (Å²) in [7, 11) is 0. The molecule has 1 aromatic heterocycles. The zero-order valence-corrected chi connectivity index (χ0v) is 13.5. The Labute approximate surface area is 141 Å². The van der Waals surface area contributed by atoms with Gasteiger partial charge in [0, 0.05) is 4.88 Å². The van der Waals surface area contributed by atoms with Gasteiger partial charge in [-0.15, -0.1) is 11.3 Å². The molecule has 1 aliphatic carbocycles. The minimum absolute atomic E-state index is 0.274. The molecule has 24 heavy (non-hydrogen) atoms. The molecule has 0 radical (unpaired) electrons. The van der Waals surface area contributed by atoms with Crippen molar-refractivity contribution in [3.8, 4) is 0 Å². The molecule has 1 N–H and O–H groups in total. The van der Waals surface area contributed by atoms with E-state index in [1.807, 2.05) is 6.07 Å². The third-order valence-corrected chi connectivity index (χ3v) is 5.05. The van der Waals surface area contributed by atoms with E-state index in [1.54, 1.807) is 0 Å². The fourth-order valence-corrected chi connectivity index (χ4v) is 3.76. The van der Waals surface area contributed by atoms with Gasteiger partial charge in [0.25, 0.3) is 5.91 Å². The molecule has 0 spiro atoms. The van der Waals surface area contributed by atoms with Crippen molar-refractivity contribution in [3.05, 3.63) is 56.8 Å². The van der Waals surface area contributed by atoms with Gasteiger partial charge < -0.3 is 0 Å². The molecule has 0 atom stereocenters. The lowest BCUT2D eigenvalue weighted by Gasteiger charge is -2.08. The molecule has 3 rings (SSSR count). The van der Waals surface area contributed by atoms with E-state index in [0.717, 1.165) is 37.8 Å². The molecule has 0 unspecified atom stereocenters. The van der Waals surface area contributed by atoms with Crippen molar-refractivity contribution in [2.24, 2.45) is 5.10 Å². The molecule has 0 aliphatic heterocycles. The summed E-state index contributed by atoms with van der Waals surface area (Å²) in [5, 5.41) is 3.76. The monoisotopic (exact) mass is 352 g/mol. The van der Waals surface area contributed by atoms with Gasteiger partial charge in [-0.2, -0.15) is 18.3 Å². The highest BCUT2D eigenvalue weighted by molar-refractivity contribution is 7.14. The van der Waals surface area contributed by atoms with E-state index >= 15 is 0 Å². The van der Waals surface area contributed by atoms with Crippen LogP contribution in [-0.4, -0.2) is 12.1 Å². The van der Waals surface area contributed by atoms with E-state index in [9.17, 15) is 18.0 Å². The van der Waals surface area contributed by atoms with Crippen LogP contribution in [0, 0.1) is 0 Å². The maximum atomic E-state index is 12.6. The lowest BCUT2D eigenvalue weighted by atomic mass is 9.99. The summed E-state index contributed by atoms with van der Waals surface area (Å²) >= 11 is 1.46. The van der Waals surface area contributed by atoms with Crippen molar-refractivity contribution in [2.45, 2.75) is 31.9 Å². The van der Waals surface area contributed by atoms with Gasteiger partial charge in [-0.05, 0) is 55.0 Å². The van der Waals surface area contributed by atoms with E-state index in [1.165, 1.54) is 40.1 Å². The second kappa shape index (κ2) is 6.76. The smallest absolute Gasteiger partial charge is 0.266 e. The molecule has 3 nitrogen and oxygen atoms in total. The zero-order chi connectivity index (χ0) is 17.2. The summed E-state index contributed by atoms with van der Waals surface area (Å²) in [5.74, 6) is -0.336. The molecule has 0 bridgehead atoms. The first-order valence-electron chi connectivity index (χ1n) is 7.56. The number of halogens is 3. The van der Waals surface area contributed by atoms with Gasteiger partial charge in [-0.1, -0.05) is 12.1 Å². The number of thiophene rings is 1. The number of carbonyl (C=O) groups excluding carboxylic acids is 1. The zero-order valence-electron chi connectivity index (χ0n) is 12.7. The van der Waals surface area contributed by atoms with Crippen LogP contribution < -0.4 is 5.43 Å². The van der Waals surface area contributed by atoms with E-state index in [0.29, 0.717) is 4.88 Å². The highest BCUT2D eigenvalue weighted by atomic mass is 32.1. The number of nitrogens with one attached hydrogen (secondary N) is 1. The molecule has 1 aromatic carbocycles. The van der Waals surface area contributed by atoms with Crippen LogP contribution in [-0.2, 0) is 19.0 Å². The first-order chi connectivity index (χ1) is 11.4. The van der Waals surface area contributed by atoms with Crippen LogP contribution in [0.15, 0.2) is 35.4 Å². The van der Waals surface area contributed by atoms with Crippen LogP contribution in [0.5, 0.6) is 0 Å². The lowest BCUT2D eigenvalue weighted by Crippen LogP contribution is -2.16. The normalized spacial score (nSPS) is 14.6. The summed E-state index contributed by atoms with van der Waals surface area (Å²) < 4.78 is 37.9. The highest BCUT2D eigenvalue weighted by Crippen LogP contribution is 2.30. The van der Waals surface area contributed by atoms with E-state index in [-0.39, 0.29) is 11.5 Å². The van der Waals surface area contributed by atoms with E-state index in [2.05, 4.69) is 10.5 Å². The second-order valence-corrected chi connectivity index (χ2v) is 6.73. The van der Waals surface area contributed by atoms with Gasteiger partial charge in [-0.3, -0.25) is 4.79 Å². The molecule has 7 heteroatoms.